The third kappa shape index (κ3) is 0.831. The molecule has 46 valence electrons. The Hall–Kier alpha value is -0.530. The van der Waals surface area contributed by atoms with Crippen molar-refractivity contribution in [3.05, 3.63) is 0 Å². The molecular weight excluding hydrogens is 104 g/mol. The van der Waals surface area contributed by atoms with E-state index in [1.807, 2.05) is 13.8 Å². The van der Waals surface area contributed by atoms with Crippen LogP contribution in [-0.2, 0) is 9.53 Å². The van der Waals surface area contributed by atoms with Gasteiger partial charge in [0.05, 0.1) is 12.0 Å². The highest BCUT2D eigenvalue weighted by atomic mass is 16.5. The van der Waals surface area contributed by atoms with Crippen molar-refractivity contribution in [1.82, 2.24) is 0 Å². The summed E-state index contributed by atoms with van der Waals surface area (Å²) in [5.41, 5.74) is 0. The molecule has 0 bridgehead atoms. The van der Waals surface area contributed by atoms with E-state index in [9.17, 15) is 4.79 Å². The van der Waals surface area contributed by atoms with E-state index >= 15 is 0 Å². The van der Waals surface area contributed by atoms with Gasteiger partial charge in [0.2, 0.25) is 0 Å². The molecule has 1 heterocycles. The van der Waals surface area contributed by atoms with Crippen molar-refractivity contribution in [3.8, 4) is 0 Å². The van der Waals surface area contributed by atoms with Gasteiger partial charge in [-0.15, -0.1) is 0 Å². The molecule has 1 saturated heterocycles. The molecule has 0 saturated carbocycles. The van der Waals surface area contributed by atoms with Crippen molar-refractivity contribution in [2.75, 3.05) is 0 Å². The van der Waals surface area contributed by atoms with Crippen LogP contribution in [0.5, 0.6) is 0 Å². The molecule has 0 aromatic carbocycles. The smallest absolute Gasteiger partial charge is 0.309 e. The Labute approximate surface area is 48.8 Å². The Balaban J connectivity index is 2.51. The minimum absolute atomic E-state index is 0.0440. The Morgan fingerprint density at radius 3 is 2.38 bits per heavy atom. The first-order valence-corrected chi connectivity index (χ1v) is 2.90. The van der Waals surface area contributed by atoms with Crippen LogP contribution in [0.3, 0.4) is 0 Å². The van der Waals surface area contributed by atoms with E-state index in [0.717, 1.165) is 6.42 Å². The minimum Gasteiger partial charge on any atom is -0.462 e. The third-order valence-corrected chi connectivity index (χ3v) is 1.41. The zero-order valence-electron chi connectivity index (χ0n) is 5.18. The Morgan fingerprint density at radius 2 is 2.25 bits per heavy atom. The number of rotatable bonds is 0. The van der Waals surface area contributed by atoms with E-state index in [1.165, 1.54) is 0 Å². The molecule has 0 aromatic rings. The minimum atomic E-state index is -0.0440. The molecule has 8 heavy (non-hydrogen) atoms. The van der Waals surface area contributed by atoms with Crippen LogP contribution in [0.2, 0.25) is 0 Å². The van der Waals surface area contributed by atoms with Crippen LogP contribution >= 0.6 is 0 Å². The molecule has 0 aromatic heterocycles. The molecule has 0 aliphatic carbocycles. The maximum Gasteiger partial charge on any atom is 0.309 e. The van der Waals surface area contributed by atoms with Gasteiger partial charge in [0.15, 0.2) is 0 Å². The Morgan fingerprint density at radius 1 is 1.62 bits per heavy atom. The summed E-state index contributed by atoms with van der Waals surface area (Å²) in [7, 11) is 0. The van der Waals surface area contributed by atoms with E-state index in [4.69, 9.17) is 4.74 Å². The summed E-state index contributed by atoms with van der Waals surface area (Å²) in [5.74, 6) is 0.0856. The van der Waals surface area contributed by atoms with Crippen molar-refractivity contribution in [2.45, 2.75) is 26.4 Å². The van der Waals surface area contributed by atoms with Crippen molar-refractivity contribution in [3.63, 3.8) is 0 Å². The number of hydrogen-bond acceptors (Lipinski definition) is 2. The Kier molecular flexibility index (Phi) is 1.24. The van der Waals surface area contributed by atoms with Crippen LogP contribution in [0.25, 0.3) is 0 Å². The molecule has 1 aliphatic rings. The number of cyclic esters (lactones) is 1. The molecule has 0 amide bonds. The largest absolute Gasteiger partial charge is 0.462 e. The fraction of sp³-hybridized carbons (Fsp3) is 0.833. The number of ether oxygens (including phenoxy) is 1. The number of carbonyl (C=O) groups is 1. The topological polar surface area (TPSA) is 26.3 Å². The van der Waals surface area contributed by atoms with Crippen LogP contribution in [0.4, 0.5) is 0 Å². The first kappa shape index (κ1) is 5.60. The summed E-state index contributed by atoms with van der Waals surface area (Å²) < 4.78 is 4.83. The summed E-state index contributed by atoms with van der Waals surface area (Å²) in [4.78, 5) is 10.6. The SMILES string of the molecule is C[C@H]1C[C@H](C)C(=O)O1. The molecule has 0 unspecified atom stereocenters. The molecule has 2 heteroatoms. The van der Waals surface area contributed by atoms with Crippen molar-refractivity contribution in [2.24, 2.45) is 5.92 Å². The van der Waals surface area contributed by atoms with Crippen molar-refractivity contribution >= 4 is 5.97 Å². The van der Waals surface area contributed by atoms with Gasteiger partial charge >= 0.3 is 5.97 Å². The maximum atomic E-state index is 10.6. The molecule has 2 nitrogen and oxygen atoms in total. The summed E-state index contributed by atoms with van der Waals surface area (Å²) in [5, 5.41) is 0. The summed E-state index contributed by atoms with van der Waals surface area (Å²) in [6.07, 6.45) is 1.04. The van der Waals surface area contributed by atoms with E-state index in [0.29, 0.717) is 0 Å². The molecule has 0 spiro atoms. The fourth-order valence-electron chi connectivity index (χ4n) is 0.957. The van der Waals surface area contributed by atoms with E-state index in [-0.39, 0.29) is 18.0 Å². The average Bonchev–Trinajstić information content (AvgIpc) is 1.85. The highest BCUT2D eigenvalue weighted by Crippen LogP contribution is 2.18. The quantitative estimate of drug-likeness (QED) is 0.438. The first-order valence-electron chi connectivity index (χ1n) is 2.90. The van der Waals surface area contributed by atoms with E-state index in [1.54, 1.807) is 0 Å². The summed E-state index contributed by atoms with van der Waals surface area (Å²) in [6.45, 7) is 3.81. The van der Waals surface area contributed by atoms with Gasteiger partial charge in [0.25, 0.3) is 0 Å². The van der Waals surface area contributed by atoms with Gasteiger partial charge in [-0.25, -0.2) is 0 Å². The number of esters is 1. The molecule has 2 atom stereocenters. The second-order valence-corrected chi connectivity index (χ2v) is 2.38. The van der Waals surface area contributed by atoms with Gasteiger partial charge in [-0.2, -0.15) is 0 Å². The average molecular weight is 114 g/mol. The fourth-order valence-corrected chi connectivity index (χ4v) is 0.957. The lowest BCUT2D eigenvalue weighted by atomic mass is 10.1. The predicted molar refractivity (Wildman–Crippen MR) is 29.3 cm³/mol. The van der Waals surface area contributed by atoms with Gasteiger partial charge in [0.1, 0.15) is 0 Å². The predicted octanol–water partition coefficient (Wildman–Crippen LogP) is 0.958. The van der Waals surface area contributed by atoms with Crippen molar-refractivity contribution in [1.29, 1.82) is 0 Å². The van der Waals surface area contributed by atoms with Gasteiger partial charge in [-0.3, -0.25) is 4.79 Å². The number of carbonyl (C=O) groups excluding carboxylic acids is 1. The maximum absolute atomic E-state index is 10.6. The normalized spacial score (nSPS) is 37.5. The molecular formula is C6H10O2. The van der Waals surface area contributed by atoms with Gasteiger partial charge in [-0.05, 0) is 13.3 Å². The van der Waals surface area contributed by atoms with Gasteiger partial charge < -0.3 is 4.74 Å². The summed E-state index contributed by atoms with van der Waals surface area (Å²) >= 11 is 0. The van der Waals surface area contributed by atoms with Gasteiger partial charge in [0, 0.05) is 0 Å². The van der Waals surface area contributed by atoms with Crippen LogP contribution in [0.1, 0.15) is 20.3 Å². The lowest BCUT2D eigenvalue weighted by Crippen LogP contribution is -2.02. The van der Waals surface area contributed by atoms with Crippen LogP contribution in [0, 0.1) is 5.92 Å². The van der Waals surface area contributed by atoms with Crippen molar-refractivity contribution < 1.29 is 9.53 Å². The molecule has 1 fully saturated rings. The highest BCUT2D eigenvalue weighted by molar-refractivity contribution is 5.73. The zero-order valence-corrected chi connectivity index (χ0v) is 5.18. The lowest BCUT2D eigenvalue weighted by molar-refractivity contribution is -0.143. The standard InChI is InChI=1S/C6H10O2/c1-4-3-5(2)8-6(4)7/h4-5H,3H2,1-2H3/t4-,5-/m0/s1. The molecule has 0 radical (unpaired) electrons. The zero-order chi connectivity index (χ0) is 6.15. The van der Waals surface area contributed by atoms with Crippen LogP contribution in [0.15, 0.2) is 0 Å². The van der Waals surface area contributed by atoms with E-state index < -0.39 is 0 Å². The second-order valence-electron chi connectivity index (χ2n) is 2.38. The summed E-state index contributed by atoms with van der Waals surface area (Å²) in [6, 6.07) is 0. The van der Waals surface area contributed by atoms with Gasteiger partial charge in [-0.1, -0.05) is 6.92 Å². The Bertz CT molecular complexity index is 109. The number of hydrogen-bond donors (Lipinski definition) is 0. The van der Waals surface area contributed by atoms with Crippen LogP contribution < -0.4 is 0 Å². The molecule has 1 rings (SSSR count). The highest BCUT2D eigenvalue weighted by Gasteiger charge is 2.27. The molecule has 1 aliphatic heterocycles. The first-order chi connectivity index (χ1) is 3.70. The van der Waals surface area contributed by atoms with E-state index in [2.05, 4.69) is 0 Å². The monoisotopic (exact) mass is 114 g/mol. The second kappa shape index (κ2) is 1.77. The third-order valence-electron chi connectivity index (χ3n) is 1.41. The molecule has 0 N–H and O–H groups in total. The van der Waals surface area contributed by atoms with Crippen LogP contribution in [-0.4, -0.2) is 12.1 Å². The lowest BCUT2D eigenvalue weighted by Gasteiger charge is -1.95.